The number of nitrogens with zero attached hydrogens (tertiary/aromatic N) is 2. The van der Waals surface area contributed by atoms with E-state index in [1.165, 1.54) is 6.07 Å². The van der Waals surface area contributed by atoms with Gasteiger partial charge in [-0.25, -0.2) is 0 Å². The molecule has 0 radical (unpaired) electrons. The zero-order chi connectivity index (χ0) is 15.1. The van der Waals surface area contributed by atoms with E-state index in [1.807, 2.05) is 19.1 Å². The number of nitrogens with one attached hydrogen (secondary N) is 1. The summed E-state index contributed by atoms with van der Waals surface area (Å²) in [5.41, 5.74) is 1.85. The van der Waals surface area contributed by atoms with E-state index >= 15 is 0 Å². The summed E-state index contributed by atoms with van der Waals surface area (Å²) >= 11 is 0. The number of rotatable bonds is 7. The van der Waals surface area contributed by atoms with Crippen LogP contribution in [0.4, 0.5) is 11.4 Å². The number of hydrogen-bond acceptors (Lipinski definition) is 5. The van der Waals surface area contributed by atoms with Gasteiger partial charge in [-0.05, 0) is 30.2 Å². The average Bonchev–Trinajstić information content (AvgIpc) is 2.51. The predicted octanol–water partition coefficient (Wildman–Crippen LogP) is 3.39. The minimum Gasteiger partial charge on any atom is -0.487 e. The lowest BCUT2D eigenvalue weighted by atomic mass is 10.2. The van der Waals surface area contributed by atoms with Gasteiger partial charge < -0.3 is 10.1 Å². The summed E-state index contributed by atoms with van der Waals surface area (Å²) in [7, 11) is 0. The highest BCUT2D eigenvalue weighted by Gasteiger charge is 2.15. The molecule has 0 amide bonds. The van der Waals surface area contributed by atoms with Crippen LogP contribution in [0.15, 0.2) is 42.7 Å². The first-order valence-electron chi connectivity index (χ1n) is 6.74. The molecule has 21 heavy (non-hydrogen) atoms. The van der Waals surface area contributed by atoms with Crippen molar-refractivity contribution >= 4 is 11.4 Å². The summed E-state index contributed by atoms with van der Waals surface area (Å²) in [6, 6.07) is 8.62. The molecule has 6 nitrogen and oxygen atoms in total. The molecule has 2 rings (SSSR count). The Kier molecular flexibility index (Phi) is 5.09. The van der Waals surface area contributed by atoms with Gasteiger partial charge in [-0.3, -0.25) is 15.1 Å². The Hall–Kier alpha value is -2.63. The van der Waals surface area contributed by atoms with E-state index < -0.39 is 4.92 Å². The van der Waals surface area contributed by atoms with Gasteiger partial charge in [0.05, 0.1) is 11.5 Å². The van der Waals surface area contributed by atoms with Crippen molar-refractivity contribution in [2.45, 2.75) is 19.9 Å². The maximum atomic E-state index is 11.0. The van der Waals surface area contributed by atoms with Crippen LogP contribution in [0.3, 0.4) is 0 Å². The second kappa shape index (κ2) is 7.23. The summed E-state index contributed by atoms with van der Waals surface area (Å²) in [5, 5.41) is 14.2. The number of nitro groups is 1. The average molecular weight is 287 g/mol. The lowest BCUT2D eigenvalue weighted by molar-refractivity contribution is -0.385. The monoisotopic (exact) mass is 287 g/mol. The molecule has 0 bridgehead atoms. The standard InChI is InChI=1S/C15H17N3O3/c1-2-9-21-15-10-13(3-4-14(15)18(19)20)17-11-12-5-7-16-8-6-12/h3-8,10,17H,2,9,11H2,1H3. The van der Waals surface area contributed by atoms with Crippen LogP contribution in [0.25, 0.3) is 0 Å². The molecule has 0 aliphatic rings. The highest BCUT2D eigenvalue weighted by atomic mass is 16.6. The third kappa shape index (κ3) is 4.17. The Balaban J connectivity index is 2.11. The Labute approximate surface area is 122 Å². The van der Waals surface area contributed by atoms with Crippen molar-refractivity contribution in [1.29, 1.82) is 0 Å². The molecule has 0 unspecified atom stereocenters. The van der Waals surface area contributed by atoms with Crippen molar-refractivity contribution in [1.82, 2.24) is 4.98 Å². The summed E-state index contributed by atoms with van der Waals surface area (Å²) in [6.07, 6.45) is 4.25. The summed E-state index contributed by atoms with van der Waals surface area (Å²) in [5.74, 6) is 0.293. The van der Waals surface area contributed by atoms with Gasteiger partial charge in [0.2, 0.25) is 0 Å². The van der Waals surface area contributed by atoms with E-state index in [0.29, 0.717) is 18.9 Å². The number of ether oxygens (including phenoxy) is 1. The van der Waals surface area contributed by atoms with Crippen molar-refractivity contribution in [2.75, 3.05) is 11.9 Å². The van der Waals surface area contributed by atoms with Crippen molar-refractivity contribution in [3.63, 3.8) is 0 Å². The number of pyridine rings is 1. The van der Waals surface area contributed by atoms with Crippen LogP contribution in [-0.2, 0) is 6.54 Å². The first-order chi connectivity index (χ1) is 10.2. The second-order valence-corrected chi connectivity index (χ2v) is 4.50. The fraction of sp³-hybridized carbons (Fsp3) is 0.267. The molecule has 1 heterocycles. The molecule has 0 fully saturated rings. The maximum Gasteiger partial charge on any atom is 0.311 e. The van der Waals surface area contributed by atoms with E-state index in [4.69, 9.17) is 4.74 Å². The zero-order valence-corrected chi connectivity index (χ0v) is 11.8. The molecule has 6 heteroatoms. The highest BCUT2D eigenvalue weighted by Crippen LogP contribution is 2.30. The van der Waals surface area contributed by atoms with Gasteiger partial charge in [0, 0.05) is 36.8 Å². The van der Waals surface area contributed by atoms with Crippen LogP contribution < -0.4 is 10.1 Å². The number of aromatic nitrogens is 1. The van der Waals surface area contributed by atoms with Gasteiger partial charge in [-0.15, -0.1) is 0 Å². The van der Waals surface area contributed by atoms with Crippen LogP contribution in [0, 0.1) is 10.1 Å². The van der Waals surface area contributed by atoms with E-state index in [-0.39, 0.29) is 5.69 Å². The molecular formula is C15H17N3O3. The molecule has 1 N–H and O–H groups in total. The van der Waals surface area contributed by atoms with Crippen molar-refractivity contribution in [3.8, 4) is 5.75 Å². The second-order valence-electron chi connectivity index (χ2n) is 4.50. The largest absolute Gasteiger partial charge is 0.487 e. The molecule has 2 aromatic rings. The molecule has 110 valence electrons. The van der Waals surface area contributed by atoms with Gasteiger partial charge in [0.15, 0.2) is 5.75 Å². The zero-order valence-electron chi connectivity index (χ0n) is 11.8. The quantitative estimate of drug-likeness (QED) is 0.624. The van der Waals surface area contributed by atoms with Crippen molar-refractivity contribution in [2.24, 2.45) is 0 Å². The highest BCUT2D eigenvalue weighted by molar-refractivity contribution is 5.58. The number of hydrogen-bond donors (Lipinski definition) is 1. The molecule has 0 atom stereocenters. The van der Waals surface area contributed by atoms with E-state index in [0.717, 1.165) is 17.7 Å². The minimum absolute atomic E-state index is 0.0158. The van der Waals surface area contributed by atoms with Crippen LogP contribution in [0.2, 0.25) is 0 Å². The van der Waals surface area contributed by atoms with Gasteiger partial charge in [0.1, 0.15) is 0 Å². The van der Waals surface area contributed by atoms with Gasteiger partial charge in [0.25, 0.3) is 0 Å². The lowest BCUT2D eigenvalue weighted by Gasteiger charge is -2.10. The van der Waals surface area contributed by atoms with Gasteiger partial charge in [-0.2, -0.15) is 0 Å². The van der Waals surface area contributed by atoms with E-state index in [2.05, 4.69) is 10.3 Å². The molecule has 0 saturated heterocycles. The summed E-state index contributed by atoms with van der Waals surface area (Å²) in [4.78, 5) is 14.5. The first-order valence-corrected chi connectivity index (χ1v) is 6.74. The summed E-state index contributed by atoms with van der Waals surface area (Å²) in [6.45, 7) is 3.03. The minimum atomic E-state index is -0.433. The molecule has 1 aromatic heterocycles. The normalized spacial score (nSPS) is 10.1. The van der Waals surface area contributed by atoms with Crippen LogP contribution in [0.1, 0.15) is 18.9 Å². The number of anilines is 1. The molecule has 0 saturated carbocycles. The molecule has 1 aromatic carbocycles. The Morgan fingerprint density at radius 2 is 2.05 bits per heavy atom. The summed E-state index contributed by atoms with van der Waals surface area (Å²) < 4.78 is 5.45. The predicted molar refractivity (Wildman–Crippen MR) is 80.4 cm³/mol. The number of benzene rings is 1. The van der Waals surface area contributed by atoms with E-state index in [9.17, 15) is 10.1 Å². The SMILES string of the molecule is CCCOc1cc(NCc2ccncc2)ccc1[N+](=O)[O-]. The van der Waals surface area contributed by atoms with E-state index in [1.54, 1.807) is 24.5 Å². The molecule has 0 aliphatic heterocycles. The smallest absolute Gasteiger partial charge is 0.311 e. The molecular weight excluding hydrogens is 270 g/mol. The van der Waals surface area contributed by atoms with Crippen molar-refractivity contribution < 1.29 is 9.66 Å². The Morgan fingerprint density at radius 1 is 1.29 bits per heavy atom. The fourth-order valence-corrected chi connectivity index (χ4v) is 1.81. The molecule has 0 spiro atoms. The third-order valence-corrected chi connectivity index (χ3v) is 2.86. The van der Waals surface area contributed by atoms with Crippen LogP contribution >= 0.6 is 0 Å². The topological polar surface area (TPSA) is 77.3 Å². The first kappa shape index (κ1) is 14.8. The molecule has 0 aliphatic carbocycles. The maximum absolute atomic E-state index is 11.0. The number of nitro benzene ring substituents is 1. The van der Waals surface area contributed by atoms with Crippen LogP contribution in [0.5, 0.6) is 5.75 Å². The fourth-order valence-electron chi connectivity index (χ4n) is 1.81. The Morgan fingerprint density at radius 3 is 2.71 bits per heavy atom. The Bertz CT molecular complexity index is 602. The van der Waals surface area contributed by atoms with Crippen molar-refractivity contribution in [3.05, 3.63) is 58.4 Å². The van der Waals surface area contributed by atoms with Gasteiger partial charge in [-0.1, -0.05) is 6.92 Å². The lowest BCUT2D eigenvalue weighted by Crippen LogP contribution is -2.03. The van der Waals surface area contributed by atoms with Crippen LogP contribution in [-0.4, -0.2) is 16.5 Å². The van der Waals surface area contributed by atoms with Gasteiger partial charge >= 0.3 is 5.69 Å². The third-order valence-electron chi connectivity index (χ3n) is 2.86.